The zero-order valence-electron chi connectivity index (χ0n) is 11.1. The maximum atomic E-state index is 9.30. The van der Waals surface area contributed by atoms with Gasteiger partial charge in [-0.25, -0.2) is 0 Å². The summed E-state index contributed by atoms with van der Waals surface area (Å²) >= 11 is 5.12. The van der Waals surface area contributed by atoms with Gasteiger partial charge in [0.25, 0.3) is 0 Å². The lowest BCUT2D eigenvalue weighted by Crippen LogP contribution is -2.22. The second kappa shape index (κ2) is 5.95. The topological polar surface area (TPSA) is 23.5 Å². The summed E-state index contributed by atoms with van der Waals surface area (Å²) in [6.45, 7) is 2.09. The smallest absolute Gasteiger partial charge is 0.107 e. The van der Waals surface area contributed by atoms with Gasteiger partial charge in [0.15, 0.2) is 0 Å². The zero-order valence-corrected chi connectivity index (χ0v) is 11.9. The third kappa shape index (κ3) is 3.63. The number of hydrogen-bond donors (Lipinski definition) is 1. The van der Waals surface area contributed by atoms with E-state index in [2.05, 4.69) is 43.3 Å². The Morgan fingerprint density at radius 2 is 1.74 bits per heavy atom. The molecule has 19 heavy (non-hydrogen) atoms. The standard InChI is InChI=1S/C16H17NOS/c1-12-5-3-7-14(9-12)15-8-4-6-13(10-15)11-16(19)17(2)18/h3-10,18H,11H2,1-2H3. The van der Waals surface area contributed by atoms with Crippen molar-refractivity contribution in [3.8, 4) is 11.1 Å². The van der Waals surface area contributed by atoms with E-state index in [-0.39, 0.29) is 0 Å². The van der Waals surface area contributed by atoms with Crippen LogP contribution in [0.2, 0.25) is 0 Å². The van der Waals surface area contributed by atoms with Crippen LogP contribution in [0.1, 0.15) is 11.1 Å². The van der Waals surface area contributed by atoms with Gasteiger partial charge in [-0.05, 0) is 23.6 Å². The fourth-order valence-corrected chi connectivity index (χ4v) is 2.14. The van der Waals surface area contributed by atoms with E-state index < -0.39 is 0 Å². The minimum atomic E-state index is 0.515. The molecule has 0 aromatic heterocycles. The number of nitrogens with zero attached hydrogens (tertiary/aromatic N) is 1. The van der Waals surface area contributed by atoms with Crippen LogP contribution in [0, 0.1) is 6.92 Å². The fraction of sp³-hybridized carbons (Fsp3) is 0.188. The molecule has 2 aromatic rings. The molecule has 0 atom stereocenters. The van der Waals surface area contributed by atoms with Gasteiger partial charge in [-0.1, -0.05) is 66.3 Å². The van der Waals surface area contributed by atoms with Crippen LogP contribution >= 0.6 is 12.2 Å². The predicted octanol–water partition coefficient (Wildman–Crippen LogP) is 3.85. The van der Waals surface area contributed by atoms with E-state index in [1.165, 1.54) is 16.7 Å². The highest BCUT2D eigenvalue weighted by atomic mass is 32.1. The third-order valence-corrected chi connectivity index (χ3v) is 3.40. The number of rotatable bonds is 3. The molecule has 0 fully saturated rings. The second-order valence-corrected chi connectivity index (χ2v) is 5.14. The number of hydroxylamine groups is 2. The fourth-order valence-electron chi connectivity index (χ4n) is 1.97. The molecule has 0 aliphatic heterocycles. The largest absolute Gasteiger partial charge is 0.288 e. The van der Waals surface area contributed by atoms with Crippen molar-refractivity contribution in [1.82, 2.24) is 5.06 Å². The molecule has 3 heteroatoms. The van der Waals surface area contributed by atoms with Crippen LogP contribution in [0.3, 0.4) is 0 Å². The summed E-state index contributed by atoms with van der Waals surface area (Å²) in [5.41, 5.74) is 4.72. The van der Waals surface area contributed by atoms with Crippen molar-refractivity contribution >= 4 is 17.2 Å². The average Bonchev–Trinajstić information content (AvgIpc) is 2.39. The van der Waals surface area contributed by atoms with Crippen LogP contribution in [0.15, 0.2) is 48.5 Å². The molecule has 0 radical (unpaired) electrons. The van der Waals surface area contributed by atoms with Crippen molar-refractivity contribution in [1.29, 1.82) is 0 Å². The van der Waals surface area contributed by atoms with E-state index in [0.717, 1.165) is 10.6 Å². The van der Waals surface area contributed by atoms with Gasteiger partial charge in [0.2, 0.25) is 0 Å². The number of likely N-dealkylation sites (N-methyl/N-ethyl adjacent to an activating group) is 1. The quantitative estimate of drug-likeness (QED) is 0.677. The molecule has 0 spiro atoms. The van der Waals surface area contributed by atoms with Crippen LogP contribution in [-0.2, 0) is 6.42 Å². The van der Waals surface area contributed by atoms with Crippen molar-refractivity contribution in [3.05, 3.63) is 59.7 Å². The van der Waals surface area contributed by atoms with E-state index in [9.17, 15) is 5.21 Å². The summed E-state index contributed by atoms with van der Waals surface area (Å²) in [6, 6.07) is 16.7. The monoisotopic (exact) mass is 271 g/mol. The lowest BCUT2D eigenvalue weighted by atomic mass is 10.0. The first-order valence-corrected chi connectivity index (χ1v) is 6.58. The third-order valence-electron chi connectivity index (χ3n) is 2.99. The minimum Gasteiger partial charge on any atom is -0.288 e. The first-order chi connectivity index (χ1) is 9.06. The van der Waals surface area contributed by atoms with Crippen LogP contribution in [0.5, 0.6) is 0 Å². The van der Waals surface area contributed by atoms with Gasteiger partial charge in [0.05, 0.1) is 0 Å². The van der Waals surface area contributed by atoms with Crippen molar-refractivity contribution in [2.75, 3.05) is 7.05 Å². The van der Waals surface area contributed by atoms with Gasteiger partial charge in [-0.3, -0.25) is 10.3 Å². The van der Waals surface area contributed by atoms with E-state index in [0.29, 0.717) is 11.4 Å². The summed E-state index contributed by atoms with van der Waals surface area (Å²) in [5, 5.41) is 10.3. The average molecular weight is 271 g/mol. The van der Waals surface area contributed by atoms with Crippen LogP contribution in [0.25, 0.3) is 11.1 Å². The van der Waals surface area contributed by atoms with Gasteiger partial charge in [-0.15, -0.1) is 0 Å². The second-order valence-electron chi connectivity index (χ2n) is 4.66. The van der Waals surface area contributed by atoms with Crippen molar-refractivity contribution < 1.29 is 5.21 Å². The van der Waals surface area contributed by atoms with Gasteiger partial charge < -0.3 is 0 Å². The molecule has 0 unspecified atom stereocenters. The van der Waals surface area contributed by atoms with Crippen LogP contribution in [-0.4, -0.2) is 22.3 Å². The highest BCUT2D eigenvalue weighted by molar-refractivity contribution is 7.80. The summed E-state index contributed by atoms with van der Waals surface area (Å²) < 4.78 is 0. The molecule has 98 valence electrons. The van der Waals surface area contributed by atoms with Crippen molar-refractivity contribution in [3.63, 3.8) is 0 Å². The molecule has 0 aliphatic rings. The van der Waals surface area contributed by atoms with E-state index in [4.69, 9.17) is 12.2 Å². The molecule has 2 aromatic carbocycles. The highest BCUT2D eigenvalue weighted by Gasteiger charge is 2.04. The molecule has 1 N–H and O–H groups in total. The summed E-state index contributed by atoms with van der Waals surface area (Å²) in [6.07, 6.45) is 0.571. The first kappa shape index (κ1) is 13.7. The maximum absolute atomic E-state index is 9.30. The Morgan fingerprint density at radius 3 is 2.37 bits per heavy atom. The Labute approximate surface area is 119 Å². The molecule has 0 saturated heterocycles. The molecule has 0 bridgehead atoms. The van der Waals surface area contributed by atoms with Crippen LogP contribution < -0.4 is 0 Å². The summed E-state index contributed by atoms with van der Waals surface area (Å²) in [4.78, 5) is 0.515. The van der Waals surface area contributed by atoms with Gasteiger partial charge >= 0.3 is 0 Å². The lowest BCUT2D eigenvalue weighted by molar-refractivity contribution is 0.0149. The molecular formula is C16H17NOS. The van der Waals surface area contributed by atoms with Crippen molar-refractivity contribution in [2.24, 2.45) is 0 Å². The lowest BCUT2D eigenvalue weighted by Gasteiger charge is -2.12. The molecule has 0 heterocycles. The van der Waals surface area contributed by atoms with Gasteiger partial charge in [0.1, 0.15) is 4.99 Å². The number of hydrogen-bond acceptors (Lipinski definition) is 2. The SMILES string of the molecule is Cc1cccc(-c2cccc(CC(=S)N(C)O)c2)c1. The summed E-state index contributed by atoms with van der Waals surface area (Å²) in [7, 11) is 1.55. The maximum Gasteiger partial charge on any atom is 0.107 e. The molecule has 0 saturated carbocycles. The van der Waals surface area contributed by atoms with Gasteiger partial charge in [0, 0.05) is 13.5 Å². The number of aryl methyl sites for hydroxylation is 1. The Balaban J connectivity index is 2.27. The van der Waals surface area contributed by atoms with E-state index >= 15 is 0 Å². The summed E-state index contributed by atoms with van der Waals surface area (Å²) in [5.74, 6) is 0. The minimum absolute atomic E-state index is 0.515. The normalized spacial score (nSPS) is 10.3. The Hall–Kier alpha value is -1.71. The van der Waals surface area contributed by atoms with E-state index in [1.807, 2.05) is 12.1 Å². The zero-order chi connectivity index (χ0) is 13.8. The van der Waals surface area contributed by atoms with Gasteiger partial charge in [-0.2, -0.15) is 0 Å². The number of benzene rings is 2. The Morgan fingerprint density at radius 1 is 1.11 bits per heavy atom. The predicted molar refractivity (Wildman–Crippen MR) is 82.5 cm³/mol. The first-order valence-electron chi connectivity index (χ1n) is 6.17. The Kier molecular flexibility index (Phi) is 4.30. The van der Waals surface area contributed by atoms with Crippen LogP contribution in [0.4, 0.5) is 0 Å². The highest BCUT2D eigenvalue weighted by Crippen LogP contribution is 2.21. The molecular weight excluding hydrogens is 254 g/mol. The molecule has 0 aliphatic carbocycles. The Bertz CT molecular complexity index is 593. The van der Waals surface area contributed by atoms with Crippen molar-refractivity contribution in [2.45, 2.75) is 13.3 Å². The molecule has 2 rings (SSSR count). The molecule has 0 amide bonds. The van der Waals surface area contributed by atoms with E-state index in [1.54, 1.807) is 7.05 Å². The number of thiocarbonyl (C=S) groups is 1. The molecule has 2 nitrogen and oxygen atoms in total.